The number of hydrogen-bond acceptors (Lipinski definition) is 5. The Morgan fingerprint density at radius 3 is 2.41 bits per heavy atom. The van der Waals surface area contributed by atoms with E-state index in [4.69, 9.17) is 21.1 Å². The second-order valence-electron chi connectivity index (χ2n) is 5.70. The van der Waals surface area contributed by atoms with Crippen molar-refractivity contribution in [2.24, 2.45) is 0 Å². The minimum atomic E-state index is -3.46. The van der Waals surface area contributed by atoms with Crippen molar-refractivity contribution in [3.63, 3.8) is 0 Å². The fraction of sp³-hybridized carbons (Fsp3) is 0.278. The van der Waals surface area contributed by atoms with E-state index in [1.807, 2.05) is 0 Å². The number of carbonyl (C=O) groups excluding carboxylic acids is 1. The second kappa shape index (κ2) is 9.59. The summed E-state index contributed by atoms with van der Waals surface area (Å²) in [6, 6.07) is 12.9. The molecule has 0 unspecified atom stereocenters. The minimum absolute atomic E-state index is 0.128. The normalized spacial score (nSPS) is 11.3. The van der Waals surface area contributed by atoms with Gasteiger partial charge in [-0.05, 0) is 42.5 Å². The first-order valence-electron chi connectivity index (χ1n) is 8.09. The van der Waals surface area contributed by atoms with Crippen LogP contribution in [-0.4, -0.2) is 52.5 Å². The highest BCUT2D eigenvalue weighted by molar-refractivity contribution is 7.89. The molecule has 0 aliphatic heterocycles. The maximum atomic E-state index is 12.0. The van der Waals surface area contributed by atoms with Crippen molar-refractivity contribution in [2.75, 3.05) is 33.9 Å². The third-order valence-electron chi connectivity index (χ3n) is 3.46. The number of hydrogen-bond donors (Lipinski definition) is 1. The lowest BCUT2D eigenvalue weighted by Crippen LogP contribution is -2.32. The van der Waals surface area contributed by atoms with Gasteiger partial charge in [-0.2, -0.15) is 0 Å². The standard InChI is InChI=1S/C18H21ClN2O5S/c1-21(2)27(23,24)17-8-6-15(7-9-17)25-11-10-20-18(22)13-26-16-5-3-4-14(19)12-16/h3-9,12H,10-11,13H2,1-2H3,(H,20,22). The maximum Gasteiger partial charge on any atom is 0.258 e. The zero-order valence-corrected chi connectivity index (χ0v) is 16.6. The molecule has 0 fully saturated rings. The van der Waals surface area contributed by atoms with E-state index in [0.717, 1.165) is 4.31 Å². The van der Waals surface area contributed by atoms with Crippen LogP contribution in [0.5, 0.6) is 11.5 Å². The number of sulfonamides is 1. The highest BCUT2D eigenvalue weighted by Crippen LogP contribution is 2.18. The van der Waals surface area contributed by atoms with Gasteiger partial charge in [0.05, 0.1) is 11.4 Å². The van der Waals surface area contributed by atoms with Crippen molar-refractivity contribution in [3.05, 3.63) is 53.6 Å². The Morgan fingerprint density at radius 2 is 1.78 bits per heavy atom. The molecular weight excluding hydrogens is 392 g/mol. The van der Waals surface area contributed by atoms with Gasteiger partial charge < -0.3 is 14.8 Å². The third-order valence-corrected chi connectivity index (χ3v) is 5.53. The topological polar surface area (TPSA) is 84.9 Å². The van der Waals surface area contributed by atoms with Crippen molar-refractivity contribution < 1.29 is 22.7 Å². The summed E-state index contributed by atoms with van der Waals surface area (Å²) in [4.78, 5) is 11.9. The Labute approximate surface area is 163 Å². The van der Waals surface area contributed by atoms with E-state index in [-0.39, 0.29) is 30.6 Å². The summed E-state index contributed by atoms with van der Waals surface area (Å²) in [7, 11) is -0.522. The minimum Gasteiger partial charge on any atom is -0.492 e. The van der Waals surface area contributed by atoms with Gasteiger partial charge in [0.25, 0.3) is 5.91 Å². The molecule has 1 amide bonds. The molecule has 0 atom stereocenters. The van der Waals surface area contributed by atoms with Crippen LogP contribution in [0.15, 0.2) is 53.4 Å². The quantitative estimate of drug-likeness (QED) is 0.638. The van der Waals surface area contributed by atoms with E-state index in [1.165, 1.54) is 26.2 Å². The van der Waals surface area contributed by atoms with Crippen LogP contribution in [0.3, 0.4) is 0 Å². The zero-order valence-electron chi connectivity index (χ0n) is 15.0. The molecule has 0 aliphatic rings. The fourth-order valence-corrected chi connectivity index (χ4v) is 3.12. The molecule has 2 aromatic carbocycles. The molecule has 7 nitrogen and oxygen atoms in total. The number of amides is 1. The molecule has 9 heteroatoms. The smallest absolute Gasteiger partial charge is 0.258 e. The highest BCUT2D eigenvalue weighted by atomic mass is 35.5. The number of halogens is 1. The van der Waals surface area contributed by atoms with Crippen molar-refractivity contribution in [2.45, 2.75) is 4.90 Å². The molecule has 1 N–H and O–H groups in total. The summed E-state index contributed by atoms with van der Waals surface area (Å²) in [5.74, 6) is 0.741. The number of nitrogens with one attached hydrogen (secondary N) is 1. The molecule has 0 spiro atoms. The lowest BCUT2D eigenvalue weighted by atomic mass is 10.3. The van der Waals surface area contributed by atoms with Gasteiger partial charge in [-0.25, -0.2) is 12.7 Å². The molecule has 0 saturated heterocycles. The predicted octanol–water partition coefficient (Wildman–Crippen LogP) is 2.16. The van der Waals surface area contributed by atoms with Gasteiger partial charge in [0.1, 0.15) is 18.1 Å². The van der Waals surface area contributed by atoms with E-state index in [2.05, 4.69) is 5.32 Å². The highest BCUT2D eigenvalue weighted by Gasteiger charge is 2.16. The Kier molecular flexibility index (Phi) is 7.46. The predicted molar refractivity (Wildman–Crippen MR) is 103 cm³/mol. The van der Waals surface area contributed by atoms with Crippen LogP contribution in [0.25, 0.3) is 0 Å². The lowest BCUT2D eigenvalue weighted by molar-refractivity contribution is -0.123. The summed E-state index contributed by atoms with van der Waals surface area (Å²) >= 11 is 5.84. The first-order valence-corrected chi connectivity index (χ1v) is 9.91. The molecule has 0 aliphatic carbocycles. The van der Waals surface area contributed by atoms with Crippen molar-refractivity contribution in [1.29, 1.82) is 0 Å². The number of carbonyl (C=O) groups is 1. The van der Waals surface area contributed by atoms with Crippen LogP contribution in [0.4, 0.5) is 0 Å². The molecular formula is C18H21ClN2O5S. The molecule has 2 rings (SSSR count). The Morgan fingerprint density at radius 1 is 1.07 bits per heavy atom. The van der Waals surface area contributed by atoms with Gasteiger partial charge in [0.2, 0.25) is 10.0 Å². The van der Waals surface area contributed by atoms with Gasteiger partial charge in [0.15, 0.2) is 6.61 Å². The lowest BCUT2D eigenvalue weighted by Gasteiger charge is -2.12. The molecule has 2 aromatic rings. The van der Waals surface area contributed by atoms with Crippen LogP contribution in [-0.2, 0) is 14.8 Å². The molecule has 0 aromatic heterocycles. The van der Waals surface area contributed by atoms with Crippen LogP contribution < -0.4 is 14.8 Å². The number of rotatable bonds is 9. The molecule has 0 saturated carbocycles. The molecule has 0 radical (unpaired) electrons. The van der Waals surface area contributed by atoms with Gasteiger partial charge in [0, 0.05) is 19.1 Å². The molecule has 0 bridgehead atoms. The van der Waals surface area contributed by atoms with E-state index in [9.17, 15) is 13.2 Å². The van der Waals surface area contributed by atoms with Crippen LogP contribution in [0, 0.1) is 0 Å². The van der Waals surface area contributed by atoms with Crippen molar-refractivity contribution in [3.8, 4) is 11.5 Å². The van der Waals surface area contributed by atoms with Gasteiger partial charge >= 0.3 is 0 Å². The Hall–Kier alpha value is -2.29. The van der Waals surface area contributed by atoms with Gasteiger partial charge in [-0.1, -0.05) is 17.7 Å². The van der Waals surface area contributed by atoms with E-state index in [1.54, 1.807) is 36.4 Å². The van der Waals surface area contributed by atoms with Crippen molar-refractivity contribution >= 4 is 27.5 Å². The van der Waals surface area contributed by atoms with Crippen LogP contribution in [0.2, 0.25) is 5.02 Å². The van der Waals surface area contributed by atoms with E-state index >= 15 is 0 Å². The summed E-state index contributed by atoms with van der Waals surface area (Å²) in [5.41, 5.74) is 0. The largest absolute Gasteiger partial charge is 0.492 e. The average molecular weight is 413 g/mol. The Balaban J connectivity index is 1.71. The number of nitrogens with zero attached hydrogens (tertiary/aromatic N) is 1. The first kappa shape index (κ1) is 21.0. The summed E-state index contributed by atoms with van der Waals surface area (Å²) in [5, 5.41) is 3.20. The monoisotopic (exact) mass is 412 g/mol. The number of ether oxygens (including phenoxy) is 2. The third kappa shape index (κ3) is 6.42. The first-order chi connectivity index (χ1) is 12.8. The second-order valence-corrected chi connectivity index (χ2v) is 8.29. The number of benzene rings is 2. The maximum absolute atomic E-state index is 12.0. The Bertz CT molecular complexity index is 870. The zero-order chi connectivity index (χ0) is 19.9. The van der Waals surface area contributed by atoms with Crippen LogP contribution >= 0.6 is 11.6 Å². The summed E-state index contributed by atoms with van der Waals surface area (Å²) < 4.78 is 35.9. The van der Waals surface area contributed by atoms with Gasteiger partial charge in [-0.3, -0.25) is 4.79 Å². The molecule has 0 heterocycles. The van der Waals surface area contributed by atoms with Crippen LogP contribution in [0.1, 0.15) is 0 Å². The fourth-order valence-electron chi connectivity index (χ4n) is 2.03. The molecule has 27 heavy (non-hydrogen) atoms. The van der Waals surface area contributed by atoms with Gasteiger partial charge in [-0.15, -0.1) is 0 Å². The summed E-state index contributed by atoms with van der Waals surface area (Å²) in [6.07, 6.45) is 0. The van der Waals surface area contributed by atoms with E-state index in [0.29, 0.717) is 16.5 Å². The SMILES string of the molecule is CN(C)S(=O)(=O)c1ccc(OCCNC(=O)COc2cccc(Cl)c2)cc1. The van der Waals surface area contributed by atoms with E-state index < -0.39 is 10.0 Å². The van der Waals surface area contributed by atoms with Crippen molar-refractivity contribution in [1.82, 2.24) is 9.62 Å². The summed E-state index contributed by atoms with van der Waals surface area (Å²) in [6.45, 7) is 0.398. The average Bonchev–Trinajstić information content (AvgIpc) is 2.64. The molecule has 146 valence electrons.